The van der Waals surface area contributed by atoms with E-state index in [2.05, 4.69) is 44.9 Å². The first-order valence-electron chi connectivity index (χ1n) is 5.21. The molecule has 0 radical (unpaired) electrons. The number of aromatic nitrogens is 2. The SMILES string of the molecule is CCCc1nn2c(c1Br)NCC(C)C2. The fourth-order valence-corrected chi connectivity index (χ4v) is 2.44. The van der Waals surface area contributed by atoms with Gasteiger partial charge in [0.2, 0.25) is 0 Å². The van der Waals surface area contributed by atoms with E-state index in [-0.39, 0.29) is 0 Å². The number of nitrogens with zero attached hydrogens (tertiary/aromatic N) is 2. The molecule has 0 saturated carbocycles. The molecule has 1 atom stereocenters. The van der Waals surface area contributed by atoms with Gasteiger partial charge in [-0.1, -0.05) is 20.3 Å². The van der Waals surface area contributed by atoms with Gasteiger partial charge in [0, 0.05) is 13.1 Å². The number of hydrogen-bond donors (Lipinski definition) is 1. The minimum absolute atomic E-state index is 0.670. The van der Waals surface area contributed by atoms with Gasteiger partial charge < -0.3 is 5.32 Å². The topological polar surface area (TPSA) is 29.9 Å². The summed E-state index contributed by atoms with van der Waals surface area (Å²) in [7, 11) is 0. The molecule has 2 rings (SSSR count). The maximum absolute atomic E-state index is 4.60. The molecule has 1 aromatic heterocycles. The van der Waals surface area contributed by atoms with Crippen LogP contribution >= 0.6 is 15.9 Å². The van der Waals surface area contributed by atoms with Crippen LogP contribution in [0.2, 0.25) is 0 Å². The van der Waals surface area contributed by atoms with Crippen LogP contribution in [0.15, 0.2) is 4.47 Å². The van der Waals surface area contributed by atoms with E-state index in [4.69, 9.17) is 0 Å². The van der Waals surface area contributed by atoms with Crippen molar-refractivity contribution >= 4 is 21.7 Å². The van der Waals surface area contributed by atoms with Crippen LogP contribution in [0.4, 0.5) is 5.82 Å². The van der Waals surface area contributed by atoms with Crippen LogP contribution in [0.1, 0.15) is 26.0 Å². The van der Waals surface area contributed by atoms with Crippen LogP contribution in [-0.4, -0.2) is 16.3 Å². The highest BCUT2D eigenvalue weighted by Gasteiger charge is 2.20. The van der Waals surface area contributed by atoms with Crippen molar-refractivity contribution in [2.45, 2.75) is 33.2 Å². The molecule has 1 aromatic rings. The monoisotopic (exact) mass is 257 g/mol. The third-order valence-corrected chi connectivity index (χ3v) is 3.38. The quantitative estimate of drug-likeness (QED) is 0.883. The zero-order chi connectivity index (χ0) is 10.1. The van der Waals surface area contributed by atoms with Crippen molar-refractivity contribution in [1.29, 1.82) is 0 Å². The molecule has 2 heterocycles. The molecular weight excluding hydrogens is 242 g/mol. The molecule has 1 aliphatic heterocycles. The first-order valence-corrected chi connectivity index (χ1v) is 6.00. The van der Waals surface area contributed by atoms with Crippen molar-refractivity contribution in [2.24, 2.45) is 5.92 Å². The molecule has 0 fully saturated rings. The van der Waals surface area contributed by atoms with Crippen LogP contribution in [0.25, 0.3) is 0 Å². The number of aryl methyl sites for hydroxylation is 1. The van der Waals surface area contributed by atoms with Gasteiger partial charge in [0.05, 0.1) is 10.2 Å². The highest BCUT2D eigenvalue weighted by Crippen LogP contribution is 2.30. The molecule has 4 heteroatoms. The number of rotatable bonds is 2. The van der Waals surface area contributed by atoms with Gasteiger partial charge in [-0.2, -0.15) is 5.10 Å². The van der Waals surface area contributed by atoms with E-state index in [9.17, 15) is 0 Å². The minimum Gasteiger partial charge on any atom is -0.369 e. The molecule has 1 aliphatic rings. The second kappa shape index (κ2) is 3.93. The average Bonchev–Trinajstić information content (AvgIpc) is 2.44. The maximum atomic E-state index is 4.60. The molecule has 0 amide bonds. The van der Waals surface area contributed by atoms with Crippen molar-refractivity contribution in [3.8, 4) is 0 Å². The van der Waals surface area contributed by atoms with Crippen LogP contribution < -0.4 is 5.32 Å². The fraction of sp³-hybridized carbons (Fsp3) is 0.700. The molecule has 1 unspecified atom stereocenters. The molecule has 0 spiro atoms. The average molecular weight is 258 g/mol. The molecule has 1 N–H and O–H groups in total. The van der Waals surface area contributed by atoms with E-state index >= 15 is 0 Å². The van der Waals surface area contributed by atoms with E-state index in [1.54, 1.807) is 0 Å². The van der Waals surface area contributed by atoms with E-state index in [0.29, 0.717) is 5.92 Å². The van der Waals surface area contributed by atoms with Gasteiger partial charge in [-0.05, 0) is 28.3 Å². The first kappa shape index (κ1) is 10.0. The van der Waals surface area contributed by atoms with Crippen LogP contribution in [-0.2, 0) is 13.0 Å². The lowest BCUT2D eigenvalue weighted by molar-refractivity contribution is 0.442. The summed E-state index contributed by atoms with van der Waals surface area (Å²) in [5.74, 6) is 1.83. The Morgan fingerprint density at radius 3 is 3.14 bits per heavy atom. The molecule has 0 bridgehead atoms. The second-order valence-corrected chi connectivity index (χ2v) is 4.82. The highest BCUT2D eigenvalue weighted by molar-refractivity contribution is 9.10. The largest absolute Gasteiger partial charge is 0.369 e. The lowest BCUT2D eigenvalue weighted by Crippen LogP contribution is -2.25. The van der Waals surface area contributed by atoms with Crippen molar-refractivity contribution < 1.29 is 0 Å². The Balaban J connectivity index is 2.31. The summed E-state index contributed by atoms with van der Waals surface area (Å²) in [4.78, 5) is 0. The van der Waals surface area contributed by atoms with Crippen LogP contribution in [0, 0.1) is 5.92 Å². The maximum Gasteiger partial charge on any atom is 0.139 e. The molecule has 0 aliphatic carbocycles. The summed E-state index contributed by atoms with van der Waals surface area (Å²) in [6, 6.07) is 0. The summed E-state index contributed by atoms with van der Waals surface area (Å²) in [5.41, 5.74) is 1.18. The summed E-state index contributed by atoms with van der Waals surface area (Å²) in [6.45, 7) is 6.51. The van der Waals surface area contributed by atoms with Gasteiger partial charge in [-0.25, -0.2) is 4.68 Å². The fourth-order valence-electron chi connectivity index (χ4n) is 1.82. The van der Waals surface area contributed by atoms with Crippen LogP contribution in [0.3, 0.4) is 0 Å². The third kappa shape index (κ3) is 1.67. The van der Waals surface area contributed by atoms with Gasteiger partial charge in [-0.3, -0.25) is 0 Å². The number of nitrogens with one attached hydrogen (secondary N) is 1. The van der Waals surface area contributed by atoms with Crippen LogP contribution in [0.5, 0.6) is 0 Å². The van der Waals surface area contributed by atoms with Crippen molar-refractivity contribution in [3.63, 3.8) is 0 Å². The smallest absolute Gasteiger partial charge is 0.139 e. The van der Waals surface area contributed by atoms with Crippen molar-refractivity contribution in [1.82, 2.24) is 9.78 Å². The lowest BCUT2D eigenvalue weighted by Gasteiger charge is -2.21. The number of anilines is 1. The summed E-state index contributed by atoms with van der Waals surface area (Å²) >= 11 is 3.61. The Morgan fingerprint density at radius 1 is 1.64 bits per heavy atom. The molecular formula is C10H16BrN3. The Labute approximate surface area is 93.0 Å². The van der Waals surface area contributed by atoms with Crippen molar-refractivity contribution in [3.05, 3.63) is 10.2 Å². The normalized spacial score (nSPS) is 20.4. The standard InChI is InChI=1S/C10H16BrN3/c1-3-4-8-9(11)10-12-5-7(2)6-14(10)13-8/h7,12H,3-6H2,1-2H3. The van der Waals surface area contributed by atoms with Gasteiger partial charge in [0.1, 0.15) is 5.82 Å². The minimum atomic E-state index is 0.670. The number of fused-ring (bicyclic) bond motifs is 1. The Bertz CT molecular complexity index is 332. The zero-order valence-electron chi connectivity index (χ0n) is 8.68. The molecule has 14 heavy (non-hydrogen) atoms. The van der Waals surface area contributed by atoms with Gasteiger partial charge >= 0.3 is 0 Å². The van der Waals surface area contributed by atoms with Gasteiger partial charge in [-0.15, -0.1) is 0 Å². The number of hydrogen-bond acceptors (Lipinski definition) is 2. The lowest BCUT2D eigenvalue weighted by atomic mass is 10.1. The van der Waals surface area contributed by atoms with E-state index in [1.807, 2.05) is 0 Å². The summed E-state index contributed by atoms with van der Waals surface area (Å²) < 4.78 is 3.25. The molecule has 0 saturated heterocycles. The second-order valence-electron chi connectivity index (χ2n) is 4.03. The zero-order valence-corrected chi connectivity index (χ0v) is 10.3. The van der Waals surface area contributed by atoms with Crippen molar-refractivity contribution in [2.75, 3.05) is 11.9 Å². The van der Waals surface area contributed by atoms with Gasteiger partial charge in [0.25, 0.3) is 0 Å². The Hall–Kier alpha value is -0.510. The summed E-state index contributed by atoms with van der Waals surface area (Å²) in [5, 5.41) is 8.01. The summed E-state index contributed by atoms with van der Waals surface area (Å²) in [6.07, 6.45) is 2.20. The molecule has 0 aromatic carbocycles. The number of halogens is 1. The third-order valence-electron chi connectivity index (χ3n) is 2.55. The van der Waals surface area contributed by atoms with Gasteiger partial charge in [0.15, 0.2) is 0 Å². The van der Waals surface area contributed by atoms with E-state index < -0.39 is 0 Å². The highest BCUT2D eigenvalue weighted by atomic mass is 79.9. The van der Waals surface area contributed by atoms with E-state index in [1.165, 1.54) is 5.69 Å². The predicted octanol–water partition coefficient (Wildman–Crippen LogP) is 2.66. The predicted molar refractivity (Wildman–Crippen MR) is 61.6 cm³/mol. The Morgan fingerprint density at radius 2 is 2.43 bits per heavy atom. The molecule has 3 nitrogen and oxygen atoms in total. The van der Waals surface area contributed by atoms with E-state index in [0.717, 1.165) is 36.2 Å². The molecule has 78 valence electrons. The Kier molecular flexibility index (Phi) is 2.81. The first-order chi connectivity index (χ1) is 6.72.